The molecule has 0 rings (SSSR count). The summed E-state index contributed by atoms with van der Waals surface area (Å²) in [4.78, 5) is 0. The highest BCUT2D eigenvalue weighted by atomic mass is 35.5. The molecule has 0 heterocycles. The summed E-state index contributed by atoms with van der Waals surface area (Å²) in [5.41, 5.74) is 0. The van der Waals surface area contributed by atoms with Crippen LogP contribution in [0.4, 0.5) is 0 Å². The van der Waals surface area contributed by atoms with Crippen molar-refractivity contribution in [1.29, 1.82) is 0 Å². The molecular formula is C4H12ClNO. The van der Waals surface area contributed by atoms with Gasteiger partial charge in [0.2, 0.25) is 0 Å². The van der Waals surface area contributed by atoms with Crippen LogP contribution in [0.5, 0.6) is 0 Å². The van der Waals surface area contributed by atoms with Crippen molar-refractivity contribution < 1.29 is 5.21 Å². The van der Waals surface area contributed by atoms with Crippen LogP contribution in [0.15, 0.2) is 0 Å². The molecule has 1 N–H and O–H groups in total. The van der Waals surface area contributed by atoms with Gasteiger partial charge in [-0.2, -0.15) is 5.06 Å². The summed E-state index contributed by atoms with van der Waals surface area (Å²) in [5.74, 6) is 0. The van der Waals surface area contributed by atoms with Gasteiger partial charge in [0.25, 0.3) is 0 Å². The Balaban J connectivity index is 0. The molecule has 46 valence electrons. The number of halogens is 1. The molecule has 0 saturated heterocycles. The van der Waals surface area contributed by atoms with Gasteiger partial charge in [-0.25, -0.2) is 0 Å². The van der Waals surface area contributed by atoms with Crippen LogP contribution in [0.25, 0.3) is 0 Å². The fraction of sp³-hybridized carbons (Fsp3) is 1.00. The predicted octanol–water partition coefficient (Wildman–Crippen LogP) is 1.14. The van der Waals surface area contributed by atoms with E-state index in [1.165, 1.54) is 5.06 Å². The van der Waals surface area contributed by atoms with Crippen molar-refractivity contribution in [3.05, 3.63) is 0 Å². The van der Waals surface area contributed by atoms with E-state index in [9.17, 15) is 0 Å². The quantitative estimate of drug-likeness (QED) is 0.532. The molecule has 0 atom stereocenters. The smallest absolute Gasteiger partial charge is 0.0290 e. The minimum absolute atomic E-state index is 0. The number of hydrogen-bond acceptors (Lipinski definition) is 2. The van der Waals surface area contributed by atoms with Crippen LogP contribution in [0.3, 0.4) is 0 Å². The van der Waals surface area contributed by atoms with Gasteiger partial charge in [-0.3, -0.25) is 0 Å². The van der Waals surface area contributed by atoms with Gasteiger partial charge in [0.1, 0.15) is 0 Å². The van der Waals surface area contributed by atoms with E-state index < -0.39 is 0 Å². The van der Waals surface area contributed by atoms with E-state index in [0.29, 0.717) is 0 Å². The van der Waals surface area contributed by atoms with Crippen molar-refractivity contribution >= 4 is 12.4 Å². The van der Waals surface area contributed by atoms with Gasteiger partial charge in [0, 0.05) is 13.1 Å². The zero-order valence-electron chi connectivity index (χ0n) is 4.88. The molecule has 0 fully saturated rings. The summed E-state index contributed by atoms with van der Waals surface area (Å²) < 4.78 is 0. The average Bonchev–Trinajstić information content (AvgIpc) is 1.36. The lowest BCUT2D eigenvalue weighted by Crippen LogP contribution is -2.21. The van der Waals surface area contributed by atoms with E-state index in [1.807, 2.05) is 13.8 Å². The second kappa shape index (κ2) is 4.37. The third kappa shape index (κ3) is 6.21. The Hall–Kier alpha value is 0.210. The normalized spacial score (nSPS) is 9.43. The number of rotatable bonds is 1. The molecule has 0 aliphatic rings. The maximum absolute atomic E-state index is 8.46. The molecule has 0 aromatic heterocycles. The van der Waals surface area contributed by atoms with Crippen LogP contribution in [-0.2, 0) is 0 Å². The van der Waals surface area contributed by atoms with Gasteiger partial charge in [-0.1, -0.05) is 0 Å². The SMILES string of the molecule is CC(C)N(C)O.Cl. The Morgan fingerprint density at radius 1 is 1.43 bits per heavy atom. The summed E-state index contributed by atoms with van der Waals surface area (Å²) in [7, 11) is 1.63. The summed E-state index contributed by atoms with van der Waals surface area (Å²) >= 11 is 0. The fourth-order valence-corrected chi connectivity index (χ4v) is 0. The van der Waals surface area contributed by atoms with Gasteiger partial charge in [-0.05, 0) is 13.8 Å². The predicted molar refractivity (Wildman–Crippen MR) is 31.9 cm³/mol. The maximum atomic E-state index is 8.46. The van der Waals surface area contributed by atoms with E-state index in [-0.39, 0.29) is 18.4 Å². The lowest BCUT2D eigenvalue weighted by Gasteiger charge is -2.10. The molecule has 0 aliphatic heterocycles. The lowest BCUT2D eigenvalue weighted by molar-refractivity contribution is -0.0912. The van der Waals surface area contributed by atoms with Crippen LogP contribution in [0.2, 0.25) is 0 Å². The van der Waals surface area contributed by atoms with E-state index in [0.717, 1.165) is 0 Å². The van der Waals surface area contributed by atoms with Gasteiger partial charge in [0.05, 0.1) is 0 Å². The second-order valence-electron chi connectivity index (χ2n) is 1.67. The molecule has 0 aromatic rings. The Labute approximate surface area is 50.5 Å². The molecule has 7 heavy (non-hydrogen) atoms. The maximum Gasteiger partial charge on any atom is 0.0290 e. The fourth-order valence-electron chi connectivity index (χ4n) is 0. The molecular weight excluding hydrogens is 114 g/mol. The molecule has 0 amide bonds. The molecule has 2 nitrogen and oxygen atoms in total. The largest absolute Gasteiger partial charge is 0.314 e. The van der Waals surface area contributed by atoms with E-state index >= 15 is 0 Å². The average molecular weight is 126 g/mol. The van der Waals surface area contributed by atoms with Crippen molar-refractivity contribution in [3.8, 4) is 0 Å². The summed E-state index contributed by atoms with van der Waals surface area (Å²) in [5, 5.41) is 9.63. The van der Waals surface area contributed by atoms with Crippen LogP contribution in [0.1, 0.15) is 13.8 Å². The minimum atomic E-state index is 0. The number of hydroxylamine groups is 2. The van der Waals surface area contributed by atoms with Crippen LogP contribution in [0, 0.1) is 0 Å². The molecule has 0 unspecified atom stereocenters. The van der Waals surface area contributed by atoms with E-state index in [4.69, 9.17) is 5.21 Å². The van der Waals surface area contributed by atoms with Crippen molar-refractivity contribution in [2.24, 2.45) is 0 Å². The first kappa shape index (κ1) is 10.2. The zero-order chi connectivity index (χ0) is 5.15. The van der Waals surface area contributed by atoms with Gasteiger partial charge in [-0.15, -0.1) is 12.4 Å². The molecule has 0 aromatic carbocycles. The standard InChI is InChI=1S/C4H11NO.ClH/c1-4(2)5(3)6;/h4,6H,1-3H3;1H. The molecule has 0 bridgehead atoms. The highest BCUT2D eigenvalue weighted by molar-refractivity contribution is 5.85. The third-order valence-electron chi connectivity index (χ3n) is 0.747. The topological polar surface area (TPSA) is 23.5 Å². The number of nitrogens with zero attached hydrogens (tertiary/aromatic N) is 1. The first-order valence-electron chi connectivity index (χ1n) is 2.06. The minimum Gasteiger partial charge on any atom is -0.314 e. The molecule has 0 saturated carbocycles. The Morgan fingerprint density at radius 3 is 1.57 bits per heavy atom. The number of hydrogen-bond donors (Lipinski definition) is 1. The van der Waals surface area contributed by atoms with Crippen molar-refractivity contribution in [3.63, 3.8) is 0 Å². The van der Waals surface area contributed by atoms with Gasteiger partial charge in [0.15, 0.2) is 0 Å². The monoisotopic (exact) mass is 125 g/mol. The highest BCUT2D eigenvalue weighted by Gasteiger charge is 1.92. The van der Waals surface area contributed by atoms with Crippen molar-refractivity contribution in [2.75, 3.05) is 7.05 Å². The van der Waals surface area contributed by atoms with Crippen LogP contribution in [-0.4, -0.2) is 23.4 Å². The zero-order valence-corrected chi connectivity index (χ0v) is 5.70. The summed E-state index contributed by atoms with van der Waals surface area (Å²) in [6.45, 7) is 3.83. The van der Waals surface area contributed by atoms with E-state index in [1.54, 1.807) is 7.05 Å². The van der Waals surface area contributed by atoms with Crippen LogP contribution < -0.4 is 0 Å². The van der Waals surface area contributed by atoms with E-state index in [2.05, 4.69) is 0 Å². The van der Waals surface area contributed by atoms with Gasteiger partial charge >= 0.3 is 0 Å². The van der Waals surface area contributed by atoms with Crippen molar-refractivity contribution in [2.45, 2.75) is 19.9 Å². The van der Waals surface area contributed by atoms with Crippen molar-refractivity contribution in [1.82, 2.24) is 5.06 Å². The second-order valence-corrected chi connectivity index (χ2v) is 1.67. The molecule has 0 spiro atoms. The third-order valence-corrected chi connectivity index (χ3v) is 0.747. The molecule has 0 radical (unpaired) electrons. The van der Waals surface area contributed by atoms with Gasteiger partial charge < -0.3 is 5.21 Å². The lowest BCUT2D eigenvalue weighted by atomic mass is 10.4. The Kier molecular flexibility index (Phi) is 6.40. The summed E-state index contributed by atoms with van der Waals surface area (Å²) in [6.07, 6.45) is 0. The van der Waals surface area contributed by atoms with Crippen LogP contribution >= 0.6 is 12.4 Å². The molecule has 3 heteroatoms. The Morgan fingerprint density at radius 2 is 1.57 bits per heavy atom. The highest BCUT2D eigenvalue weighted by Crippen LogP contribution is 1.83. The Bertz CT molecular complexity index is 32.7. The molecule has 0 aliphatic carbocycles. The first-order chi connectivity index (χ1) is 2.64. The first-order valence-corrected chi connectivity index (χ1v) is 2.06. The summed E-state index contributed by atoms with van der Waals surface area (Å²) in [6, 6.07) is 0.241.